The van der Waals surface area contributed by atoms with Crippen LogP contribution in [-0.4, -0.2) is 43.5 Å². The quantitative estimate of drug-likeness (QED) is 0.852. The molecular formula is C15H21N3O. The maximum Gasteiger partial charge on any atom is 0.224 e. The third-order valence-corrected chi connectivity index (χ3v) is 4.03. The van der Waals surface area contributed by atoms with E-state index in [-0.39, 0.29) is 5.91 Å². The first-order chi connectivity index (χ1) is 9.33. The summed E-state index contributed by atoms with van der Waals surface area (Å²) in [5, 5.41) is 6.42. The minimum Gasteiger partial charge on any atom is -0.326 e. The third kappa shape index (κ3) is 2.96. The summed E-state index contributed by atoms with van der Waals surface area (Å²) < 4.78 is 0. The number of nitrogens with zero attached hydrogens (tertiary/aromatic N) is 1. The first-order valence-corrected chi connectivity index (χ1v) is 7.16. The number of hydrogen-bond donors (Lipinski definition) is 2. The Morgan fingerprint density at radius 2 is 2.00 bits per heavy atom. The molecule has 3 rings (SSSR count). The van der Waals surface area contributed by atoms with Crippen molar-refractivity contribution < 1.29 is 4.79 Å². The molecule has 0 aliphatic carbocycles. The van der Waals surface area contributed by atoms with Gasteiger partial charge in [-0.05, 0) is 24.0 Å². The molecule has 0 aromatic heterocycles. The van der Waals surface area contributed by atoms with Crippen molar-refractivity contribution in [1.82, 2.24) is 10.2 Å². The normalized spacial score (nSPS) is 19.9. The van der Waals surface area contributed by atoms with Crippen LogP contribution in [0.15, 0.2) is 18.2 Å². The van der Waals surface area contributed by atoms with Crippen LogP contribution in [0.4, 0.5) is 5.69 Å². The van der Waals surface area contributed by atoms with Crippen LogP contribution in [0.1, 0.15) is 17.5 Å². The fourth-order valence-corrected chi connectivity index (χ4v) is 2.89. The van der Waals surface area contributed by atoms with Crippen molar-refractivity contribution in [2.75, 3.05) is 38.0 Å². The zero-order valence-electron chi connectivity index (χ0n) is 11.2. The van der Waals surface area contributed by atoms with Gasteiger partial charge in [0.2, 0.25) is 5.91 Å². The standard InChI is InChI=1S/C15H21N3O/c19-14-5-4-12-2-1-3-13(15(12)17-14)6-9-18-10-7-16-8-11-18/h1-3,16H,4-11H2,(H,17,19). The summed E-state index contributed by atoms with van der Waals surface area (Å²) >= 11 is 0. The van der Waals surface area contributed by atoms with Crippen LogP contribution in [0.2, 0.25) is 0 Å². The molecule has 2 aliphatic heterocycles. The zero-order chi connectivity index (χ0) is 13.1. The number of fused-ring (bicyclic) bond motifs is 1. The molecule has 0 atom stereocenters. The van der Waals surface area contributed by atoms with E-state index >= 15 is 0 Å². The number of amides is 1. The monoisotopic (exact) mass is 259 g/mol. The van der Waals surface area contributed by atoms with Crippen LogP contribution in [0.5, 0.6) is 0 Å². The Bertz CT molecular complexity index is 466. The predicted octanol–water partition coefficient (Wildman–Crippen LogP) is 1.02. The molecule has 2 aliphatic rings. The molecule has 4 nitrogen and oxygen atoms in total. The van der Waals surface area contributed by atoms with Gasteiger partial charge in [0.1, 0.15) is 0 Å². The van der Waals surface area contributed by atoms with Crippen LogP contribution in [0.25, 0.3) is 0 Å². The van der Waals surface area contributed by atoms with Crippen molar-refractivity contribution in [2.24, 2.45) is 0 Å². The molecule has 0 bridgehead atoms. The highest BCUT2D eigenvalue weighted by Gasteiger charge is 2.18. The number of carbonyl (C=O) groups is 1. The topological polar surface area (TPSA) is 44.4 Å². The van der Waals surface area contributed by atoms with Crippen LogP contribution in [0, 0.1) is 0 Å². The minimum absolute atomic E-state index is 0.155. The predicted molar refractivity (Wildman–Crippen MR) is 76.4 cm³/mol. The van der Waals surface area contributed by atoms with E-state index in [1.807, 2.05) is 0 Å². The number of anilines is 1. The van der Waals surface area contributed by atoms with Crippen molar-refractivity contribution in [3.8, 4) is 0 Å². The molecule has 4 heteroatoms. The van der Waals surface area contributed by atoms with E-state index in [0.717, 1.165) is 51.3 Å². The first kappa shape index (κ1) is 12.6. The largest absolute Gasteiger partial charge is 0.326 e. The second kappa shape index (κ2) is 5.72. The summed E-state index contributed by atoms with van der Waals surface area (Å²) in [6, 6.07) is 6.39. The van der Waals surface area contributed by atoms with Crippen molar-refractivity contribution in [1.29, 1.82) is 0 Å². The molecule has 102 valence electrons. The molecule has 1 saturated heterocycles. The number of piperazine rings is 1. The van der Waals surface area contributed by atoms with E-state index in [4.69, 9.17) is 0 Å². The van der Waals surface area contributed by atoms with Gasteiger partial charge in [0.15, 0.2) is 0 Å². The van der Waals surface area contributed by atoms with Crippen LogP contribution in [-0.2, 0) is 17.6 Å². The van der Waals surface area contributed by atoms with E-state index in [0.29, 0.717) is 6.42 Å². The molecule has 19 heavy (non-hydrogen) atoms. The molecular weight excluding hydrogens is 238 g/mol. The van der Waals surface area contributed by atoms with Crippen LogP contribution < -0.4 is 10.6 Å². The van der Waals surface area contributed by atoms with Gasteiger partial charge in [-0.2, -0.15) is 0 Å². The maximum absolute atomic E-state index is 11.6. The molecule has 1 aromatic rings. The van der Waals surface area contributed by atoms with Crippen LogP contribution >= 0.6 is 0 Å². The minimum atomic E-state index is 0.155. The maximum atomic E-state index is 11.6. The lowest BCUT2D eigenvalue weighted by Crippen LogP contribution is -2.44. The third-order valence-electron chi connectivity index (χ3n) is 4.03. The SMILES string of the molecule is O=C1CCc2cccc(CCN3CCNCC3)c2N1. The molecule has 2 heterocycles. The zero-order valence-corrected chi connectivity index (χ0v) is 11.2. The van der Waals surface area contributed by atoms with Gasteiger partial charge in [-0.15, -0.1) is 0 Å². The van der Waals surface area contributed by atoms with E-state index < -0.39 is 0 Å². The second-order valence-corrected chi connectivity index (χ2v) is 5.34. The Labute approximate surface area is 114 Å². The highest BCUT2D eigenvalue weighted by molar-refractivity contribution is 5.94. The average Bonchev–Trinajstić information content (AvgIpc) is 2.46. The van der Waals surface area contributed by atoms with Gasteiger partial charge in [0.25, 0.3) is 0 Å². The number of aryl methyl sites for hydroxylation is 1. The number of nitrogens with one attached hydrogen (secondary N) is 2. The number of para-hydroxylation sites is 1. The number of rotatable bonds is 3. The molecule has 0 spiro atoms. The summed E-state index contributed by atoms with van der Waals surface area (Å²) in [5.41, 5.74) is 3.65. The van der Waals surface area contributed by atoms with Gasteiger partial charge >= 0.3 is 0 Å². The summed E-state index contributed by atoms with van der Waals surface area (Å²) in [6.45, 7) is 5.50. The molecule has 0 unspecified atom stereocenters. The Hall–Kier alpha value is -1.39. The summed E-state index contributed by atoms with van der Waals surface area (Å²) in [7, 11) is 0. The van der Waals surface area contributed by atoms with Crippen molar-refractivity contribution in [3.05, 3.63) is 29.3 Å². The second-order valence-electron chi connectivity index (χ2n) is 5.34. The van der Waals surface area contributed by atoms with E-state index in [9.17, 15) is 4.79 Å². The van der Waals surface area contributed by atoms with E-state index in [2.05, 4.69) is 33.7 Å². The van der Waals surface area contributed by atoms with Crippen LogP contribution in [0.3, 0.4) is 0 Å². The van der Waals surface area contributed by atoms with Gasteiger partial charge in [0.05, 0.1) is 0 Å². The van der Waals surface area contributed by atoms with Gasteiger partial charge < -0.3 is 15.5 Å². The Morgan fingerprint density at radius 3 is 2.84 bits per heavy atom. The molecule has 0 radical (unpaired) electrons. The Kier molecular flexibility index (Phi) is 3.80. The molecule has 1 amide bonds. The molecule has 2 N–H and O–H groups in total. The lowest BCUT2D eigenvalue weighted by atomic mass is 9.97. The van der Waals surface area contributed by atoms with Gasteiger partial charge in [-0.1, -0.05) is 18.2 Å². The van der Waals surface area contributed by atoms with Crippen molar-refractivity contribution in [3.63, 3.8) is 0 Å². The van der Waals surface area contributed by atoms with E-state index in [1.165, 1.54) is 11.1 Å². The average molecular weight is 259 g/mol. The lowest BCUT2D eigenvalue weighted by Gasteiger charge is -2.28. The summed E-state index contributed by atoms with van der Waals surface area (Å²) in [6.07, 6.45) is 2.51. The lowest BCUT2D eigenvalue weighted by molar-refractivity contribution is -0.116. The summed E-state index contributed by atoms with van der Waals surface area (Å²) in [4.78, 5) is 14.0. The van der Waals surface area contributed by atoms with E-state index in [1.54, 1.807) is 0 Å². The smallest absolute Gasteiger partial charge is 0.224 e. The Morgan fingerprint density at radius 1 is 1.16 bits per heavy atom. The van der Waals surface area contributed by atoms with Gasteiger partial charge in [0, 0.05) is 44.8 Å². The molecule has 1 fully saturated rings. The molecule has 0 saturated carbocycles. The van der Waals surface area contributed by atoms with Crippen molar-refractivity contribution in [2.45, 2.75) is 19.3 Å². The fourth-order valence-electron chi connectivity index (χ4n) is 2.89. The Balaban J connectivity index is 1.68. The number of benzene rings is 1. The van der Waals surface area contributed by atoms with Gasteiger partial charge in [-0.25, -0.2) is 0 Å². The number of hydrogen-bond acceptors (Lipinski definition) is 3. The fraction of sp³-hybridized carbons (Fsp3) is 0.533. The molecule has 1 aromatic carbocycles. The number of carbonyl (C=O) groups excluding carboxylic acids is 1. The van der Waals surface area contributed by atoms with Crippen molar-refractivity contribution >= 4 is 11.6 Å². The first-order valence-electron chi connectivity index (χ1n) is 7.16. The summed E-state index contributed by atoms with van der Waals surface area (Å²) in [5.74, 6) is 0.155. The highest BCUT2D eigenvalue weighted by atomic mass is 16.1. The van der Waals surface area contributed by atoms with Gasteiger partial charge in [-0.3, -0.25) is 4.79 Å². The highest BCUT2D eigenvalue weighted by Crippen LogP contribution is 2.27.